The molecule has 4 N–H and O–H groups in total. The second kappa shape index (κ2) is 5.20. The fourth-order valence-corrected chi connectivity index (χ4v) is 0.917. The summed E-state index contributed by atoms with van der Waals surface area (Å²) >= 11 is 0. The third-order valence-corrected chi connectivity index (χ3v) is 1.49. The maximum Gasteiger partial charge on any atom is 0.248 e. The van der Waals surface area contributed by atoms with Crippen LogP contribution in [0.5, 0.6) is 11.8 Å². The molecule has 1 aromatic heterocycles. The second-order valence-corrected chi connectivity index (χ2v) is 2.59. The van der Waals surface area contributed by atoms with Crippen LogP contribution in [0.3, 0.4) is 0 Å². The standard InChI is InChI=1S/C8H14N4O3/c1-3-14-6-5(9)7(15-4-13-2)12-8(10)11-6/h3-4,9H2,1-2H3,(H2,10,11,12). The van der Waals surface area contributed by atoms with Crippen molar-refractivity contribution in [2.75, 3.05) is 32.0 Å². The van der Waals surface area contributed by atoms with Gasteiger partial charge in [0, 0.05) is 7.11 Å². The fraction of sp³-hybridized carbons (Fsp3) is 0.500. The van der Waals surface area contributed by atoms with Crippen molar-refractivity contribution in [1.82, 2.24) is 9.97 Å². The zero-order valence-electron chi connectivity index (χ0n) is 8.69. The van der Waals surface area contributed by atoms with Crippen molar-refractivity contribution in [2.45, 2.75) is 6.92 Å². The van der Waals surface area contributed by atoms with E-state index in [2.05, 4.69) is 9.97 Å². The Kier molecular flexibility index (Phi) is 3.92. The molecule has 0 saturated heterocycles. The van der Waals surface area contributed by atoms with Crippen molar-refractivity contribution in [1.29, 1.82) is 0 Å². The van der Waals surface area contributed by atoms with Crippen LogP contribution in [-0.4, -0.2) is 30.5 Å². The summed E-state index contributed by atoms with van der Waals surface area (Å²) in [5, 5.41) is 0. The van der Waals surface area contributed by atoms with Crippen LogP contribution in [0, 0.1) is 0 Å². The van der Waals surface area contributed by atoms with Crippen LogP contribution in [0.15, 0.2) is 0 Å². The zero-order chi connectivity index (χ0) is 11.3. The summed E-state index contributed by atoms with van der Waals surface area (Å²) in [6, 6.07) is 0. The highest BCUT2D eigenvalue weighted by molar-refractivity contribution is 5.58. The molecule has 1 aromatic rings. The van der Waals surface area contributed by atoms with Crippen LogP contribution in [0.2, 0.25) is 0 Å². The Morgan fingerprint density at radius 2 is 1.73 bits per heavy atom. The van der Waals surface area contributed by atoms with E-state index in [-0.39, 0.29) is 30.2 Å². The van der Waals surface area contributed by atoms with E-state index in [1.807, 2.05) is 6.92 Å². The molecule has 0 spiro atoms. The lowest BCUT2D eigenvalue weighted by molar-refractivity contribution is 0.0482. The van der Waals surface area contributed by atoms with Gasteiger partial charge >= 0.3 is 0 Å². The van der Waals surface area contributed by atoms with Crippen molar-refractivity contribution in [3.63, 3.8) is 0 Å². The lowest BCUT2D eigenvalue weighted by atomic mass is 10.5. The molecule has 15 heavy (non-hydrogen) atoms. The van der Waals surface area contributed by atoms with Crippen LogP contribution in [0.4, 0.5) is 11.6 Å². The van der Waals surface area contributed by atoms with Crippen LogP contribution < -0.4 is 20.9 Å². The maximum atomic E-state index is 5.69. The van der Waals surface area contributed by atoms with E-state index in [4.69, 9.17) is 25.7 Å². The van der Waals surface area contributed by atoms with Gasteiger partial charge in [0.05, 0.1) is 6.61 Å². The molecule has 0 atom stereocenters. The Bertz CT molecular complexity index is 332. The number of ether oxygens (including phenoxy) is 3. The van der Waals surface area contributed by atoms with Gasteiger partial charge in [-0.25, -0.2) is 0 Å². The van der Waals surface area contributed by atoms with Gasteiger partial charge < -0.3 is 25.7 Å². The van der Waals surface area contributed by atoms with Crippen LogP contribution >= 0.6 is 0 Å². The lowest BCUT2D eigenvalue weighted by Crippen LogP contribution is -2.09. The topological polar surface area (TPSA) is 106 Å². The Morgan fingerprint density at radius 1 is 1.13 bits per heavy atom. The van der Waals surface area contributed by atoms with E-state index in [1.54, 1.807) is 0 Å². The summed E-state index contributed by atoms with van der Waals surface area (Å²) < 4.78 is 15.0. The Hall–Kier alpha value is -1.76. The molecule has 0 aliphatic carbocycles. The van der Waals surface area contributed by atoms with Gasteiger partial charge in [-0.05, 0) is 6.92 Å². The van der Waals surface area contributed by atoms with Crippen LogP contribution in [0.1, 0.15) is 6.92 Å². The van der Waals surface area contributed by atoms with Gasteiger partial charge in [-0.1, -0.05) is 0 Å². The molecule has 0 bridgehead atoms. The monoisotopic (exact) mass is 214 g/mol. The fourth-order valence-electron chi connectivity index (χ4n) is 0.917. The number of hydrogen-bond acceptors (Lipinski definition) is 7. The Labute approximate surface area is 87.4 Å². The number of aromatic nitrogens is 2. The lowest BCUT2D eigenvalue weighted by Gasteiger charge is -2.10. The number of anilines is 2. The van der Waals surface area contributed by atoms with Crippen molar-refractivity contribution in [3.8, 4) is 11.8 Å². The molecule has 0 amide bonds. The second-order valence-electron chi connectivity index (χ2n) is 2.59. The van der Waals surface area contributed by atoms with Gasteiger partial charge in [0.25, 0.3) is 0 Å². The number of hydrogen-bond donors (Lipinski definition) is 2. The van der Waals surface area contributed by atoms with E-state index < -0.39 is 0 Å². The molecule has 0 aromatic carbocycles. The van der Waals surface area contributed by atoms with Crippen molar-refractivity contribution in [2.24, 2.45) is 0 Å². The van der Waals surface area contributed by atoms with Gasteiger partial charge in [0.2, 0.25) is 17.7 Å². The predicted octanol–water partition coefficient (Wildman–Crippen LogP) is 0.0224. The van der Waals surface area contributed by atoms with Crippen molar-refractivity contribution >= 4 is 11.6 Å². The highest BCUT2D eigenvalue weighted by Gasteiger charge is 2.12. The van der Waals surface area contributed by atoms with E-state index in [0.29, 0.717) is 6.61 Å². The number of nitrogens with zero attached hydrogens (tertiary/aromatic N) is 2. The largest absolute Gasteiger partial charge is 0.476 e. The molecule has 0 radical (unpaired) electrons. The summed E-state index contributed by atoms with van der Waals surface area (Å²) in [6.45, 7) is 2.28. The average Bonchev–Trinajstić information content (AvgIpc) is 2.21. The van der Waals surface area contributed by atoms with Crippen LogP contribution in [-0.2, 0) is 4.74 Å². The zero-order valence-corrected chi connectivity index (χ0v) is 8.69. The smallest absolute Gasteiger partial charge is 0.248 e. The molecule has 0 unspecified atom stereocenters. The Balaban J connectivity index is 2.93. The summed E-state index contributed by atoms with van der Waals surface area (Å²) in [5.41, 5.74) is 11.4. The number of nitrogens with two attached hydrogens (primary N) is 2. The van der Waals surface area contributed by atoms with Gasteiger partial charge in [-0.15, -0.1) is 0 Å². The van der Waals surface area contributed by atoms with E-state index in [9.17, 15) is 0 Å². The first-order chi connectivity index (χ1) is 7.19. The van der Waals surface area contributed by atoms with E-state index in [1.165, 1.54) is 7.11 Å². The first-order valence-electron chi connectivity index (χ1n) is 4.36. The SMILES string of the molecule is CCOc1nc(N)nc(OCOC)c1N. The van der Waals surface area contributed by atoms with E-state index in [0.717, 1.165) is 0 Å². The third kappa shape index (κ3) is 2.84. The molecule has 0 aliphatic rings. The number of rotatable bonds is 5. The van der Waals surface area contributed by atoms with E-state index >= 15 is 0 Å². The van der Waals surface area contributed by atoms with Crippen molar-refractivity contribution in [3.05, 3.63) is 0 Å². The third-order valence-electron chi connectivity index (χ3n) is 1.49. The predicted molar refractivity (Wildman–Crippen MR) is 54.5 cm³/mol. The molecule has 7 heteroatoms. The Morgan fingerprint density at radius 3 is 2.27 bits per heavy atom. The first kappa shape index (κ1) is 11.3. The van der Waals surface area contributed by atoms with Crippen molar-refractivity contribution < 1.29 is 14.2 Å². The molecule has 1 rings (SSSR count). The molecule has 0 fully saturated rings. The highest BCUT2D eigenvalue weighted by atomic mass is 16.7. The molecule has 84 valence electrons. The van der Waals surface area contributed by atoms with Crippen LogP contribution in [0.25, 0.3) is 0 Å². The minimum absolute atomic E-state index is 0.0339. The summed E-state index contributed by atoms with van der Waals surface area (Å²) in [6.07, 6.45) is 0. The summed E-state index contributed by atoms with van der Waals surface area (Å²) in [7, 11) is 1.49. The van der Waals surface area contributed by atoms with Gasteiger partial charge in [0.15, 0.2) is 12.5 Å². The van der Waals surface area contributed by atoms with Gasteiger partial charge in [-0.3, -0.25) is 0 Å². The van der Waals surface area contributed by atoms with Gasteiger partial charge in [0.1, 0.15) is 0 Å². The number of methoxy groups -OCH3 is 1. The molecular weight excluding hydrogens is 200 g/mol. The minimum atomic E-state index is 0.0339. The maximum absolute atomic E-state index is 5.69. The summed E-state index contributed by atoms with van der Waals surface area (Å²) in [5.74, 6) is 0.419. The first-order valence-corrected chi connectivity index (χ1v) is 4.36. The number of nitrogen functional groups attached to an aromatic ring is 2. The molecule has 1 heterocycles. The normalized spacial score (nSPS) is 10.0. The summed E-state index contributed by atoms with van der Waals surface area (Å²) in [4.78, 5) is 7.64. The molecular formula is C8H14N4O3. The minimum Gasteiger partial charge on any atom is -0.476 e. The molecule has 0 aliphatic heterocycles. The average molecular weight is 214 g/mol. The quantitative estimate of drug-likeness (QED) is 0.665. The highest BCUT2D eigenvalue weighted by Crippen LogP contribution is 2.28. The van der Waals surface area contributed by atoms with Gasteiger partial charge in [-0.2, -0.15) is 9.97 Å². The molecule has 0 saturated carbocycles. The molecule has 7 nitrogen and oxygen atoms in total.